The van der Waals surface area contributed by atoms with Gasteiger partial charge in [-0.25, -0.2) is 4.79 Å². The summed E-state index contributed by atoms with van der Waals surface area (Å²) in [6.07, 6.45) is 5.41. The third-order valence-electron chi connectivity index (χ3n) is 3.82. The van der Waals surface area contributed by atoms with Crippen molar-refractivity contribution >= 4 is 12.1 Å². The molecule has 0 radical (unpaired) electrons. The highest BCUT2D eigenvalue weighted by molar-refractivity contribution is 5.76. The molecule has 1 aromatic rings. The first-order valence-corrected chi connectivity index (χ1v) is 7.84. The van der Waals surface area contributed by atoms with E-state index in [2.05, 4.69) is 43.6 Å². The Morgan fingerprint density at radius 1 is 1.14 bits per heavy atom. The van der Waals surface area contributed by atoms with Crippen LogP contribution in [0.3, 0.4) is 0 Å². The second-order valence-corrected chi connectivity index (χ2v) is 7.36. The Morgan fingerprint density at radius 3 is 2.32 bits per heavy atom. The van der Waals surface area contributed by atoms with E-state index in [4.69, 9.17) is 0 Å². The summed E-state index contributed by atoms with van der Waals surface area (Å²) in [7, 11) is 0. The number of amides is 2. The Hall–Kier alpha value is -1.81. The molecule has 22 heavy (non-hydrogen) atoms. The minimum atomic E-state index is -0.148. The Bertz CT molecular complexity index is 519. The van der Waals surface area contributed by atoms with Gasteiger partial charge in [-0.1, -0.05) is 30.3 Å². The molecular formula is C18H27N3O. The number of rotatable bonds is 3. The van der Waals surface area contributed by atoms with Gasteiger partial charge in [0.05, 0.1) is 0 Å². The van der Waals surface area contributed by atoms with E-state index < -0.39 is 0 Å². The minimum absolute atomic E-state index is 0.0274. The Labute approximate surface area is 133 Å². The van der Waals surface area contributed by atoms with Gasteiger partial charge in [0.25, 0.3) is 0 Å². The fourth-order valence-corrected chi connectivity index (χ4v) is 3.43. The van der Waals surface area contributed by atoms with Crippen molar-refractivity contribution in [2.45, 2.75) is 57.7 Å². The normalized spacial score (nSPS) is 20.7. The molecule has 4 heteroatoms. The highest BCUT2D eigenvalue weighted by atomic mass is 16.2. The molecule has 1 aliphatic heterocycles. The number of carbonyl (C=O) groups is 1. The van der Waals surface area contributed by atoms with Crippen molar-refractivity contribution in [1.29, 1.82) is 0 Å². The second kappa shape index (κ2) is 6.53. The van der Waals surface area contributed by atoms with E-state index in [-0.39, 0.29) is 23.2 Å². The Balaban J connectivity index is 1.85. The Morgan fingerprint density at radius 2 is 1.73 bits per heavy atom. The van der Waals surface area contributed by atoms with Crippen LogP contribution in [0.1, 0.15) is 46.1 Å². The van der Waals surface area contributed by atoms with Gasteiger partial charge in [0.2, 0.25) is 0 Å². The highest BCUT2D eigenvalue weighted by Gasteiger charge is 2.38. The summed E-state index contributed by atoms with van der Waals surface area (Å²) in [4.78, 5) is 12.0. The first-order chi connectivity index (χ1) is 10.3. The van der Waals surface area contributed by atoms with E-state index in [9.17, 15) is 4.79 Å². The lowest BCUT2D eigenvalue weighted by Gasteiger charge is -2.46. The summed E-state index contributed by atoms with van der Waals surface area (Å²) < 4.78 is 0. The maximum atomic E-state index is 12.0. The maximum Gasteiger partial charge on any atom is 0.318 e. The van der Waals surface area contributed by atoms with Crippen molar-refractivity contribution in [2.24, 2.45) is 0 Å². The average molecular weight is 301 g/mol. The predicted octanol–water partition coefficient (Wildman–Crippen LogP) is 3.27. The number of carbonyl (C=O) groups excluding carboxylic acids is 1. The molecule has 1 heterocycles. The molecule has 1 aromatic carbocycles. The fourth-order valence-electron chi connectivity index (χ4n) is 3.43. The van der Waals surface area contributed by atoms with Crippen LogP contribution in [0.4, 0.5) is 4.79 Å². The minimum Gasteiger partial charge on any atom is -0.335 e. The van der Waals surface area contributed by atoms with Gasteiger partial charge in [-0.05, 0) is 52.2 Å². The molecule has 1 saturated heterocycles. The second-order valence-electron chi connectivity index (χ2n) is 7.36. The first-order valence-electron chi connectivity index (χ1n) is 7.84. The van der Waals surface area contributed by atoms with Crippen LogP contribution in [0, 0.1) is 0 Å². The molecular weight excluding hydrogens is 274 g/mol. The standard InChI is InChI=1S/C18H27N3O/c1-17(2)12-15(13-18(3,4)21-17)20-16(22)19-11-10-14-8-6-5-7-9-14/h5-11,15,21H,12-13H2,1-4H3,(H2,19,20,22)/b11-10+. The third-order valence-corrected chi connectivity index (χ3v) is 3.82. The summed E-state index contributed by atoms with van der Waals surface area (Å²) in [5.74, 6) is 0. The van der Waals surface area contributed by atoms with Gasteiger partial charge < -0.3 is 16.0 Å². The van der Waals surface area contributed by atoms with Crippen LogP contribution in [-0.2, 0) is 0 Å². The van der Waals surface area contributed by atoms with Crippen molar-refractivity contribution in [3.63, 3.8) is 0 Å². The molecule has 120 valence electrons. The summed E-state index contributed by atoms with van der Waals surface area (Å²) in [5.41, 5.74) is 1.12. The predicted molar refractivity (Wildman–Crippen MR) is 91.5 cm³/mol. The van der Waals surface area contributed by atoms with Crippen LogP contribution in [0.15, 0.2) is 36.5 Å². The molecule has 2 rings (SSSR count). The zero-order chi connectivity index (χ0) is 16.2. The van der Waals surface area contributed by atoms with Crippen LogP contribution in [0.2, 0.25) is 0 Å². The van der Waals surface area contributed by atoms with Crippen molar-refractivity contribution in [2.75, 3.05) is 0 Å². The van der Waals surface area contributed by atoms with Gasteiger partial charge in [-0.15, -0.1) is 0 Å². The van der Waals surface area contributed by atoms with Gasteiger partial charge in [0.1, 0.15) is 0 Å². The van der Waals surface area contributed by atoms with E-state index in [1.807, 2.05) is 36.4 Å². The van der Waals surface area contributed by atoms with Crippen molar-refractivity contribution in [3.8, 4) is 0 Å². The maximum absolute atomic E-state index is 12.0. The lowest BCUT2D eigenvalue weighted by molar-refractivity contribution is 0.148. The topological polar surface area (TPSA) is 53.2 Å². The zero-order valence-electron chi connectivity index (χ0n) is 13.9. The van der Waals surface area contributed by atoms with Gasteiger partial charge in [-0.2, -0.15) is 0 Å². The van der Waals surface area contributed by atoms with E-state index >= 15 is 0 Å². The average Bonchev–Trinajstić information content (AvgIpc) is 2.36. The molecule has 0 aliphatic carbocycles. The molecule has 3 N–H and O–H groups in total. The quantitative estimate of drug-likeness (QED) is 0.802. The molecule has 1 fully saturated rings. The van der Waals surface area contributed by atoms with Gasteiger partial charge >= 0.3 is 6.03 Å². The van der Waals surface area contributed by atoms with E-state index in [1.54, 1.807) is 6.20 Å². The van der Waals surface area contributed by atoms with Crippen molar-refractivity contribution < 1.29 is 4.79 Å². The lowest BCUT2D eigenvalue weighted by Crippen LogP contribution is -2.62. The summed E-state index contributed by atoms with van der Waals surface area (Å²) in [6, 6.07) is 9.93. The van der Waals surface area contributed by atoms with Gasteiger partial charge in [-0.3, -0.25) is 0 Å². The van der Waals surface area contributed by atoms with Crippen LogP contribution in [0.5, 0.6) is 0 Å². The third kappa shape index (κ3) is 5.19. The van der Waals surface area contributed by atoms with E-state index in [0.717, 1.165) is 18.4 Å². The van der Waals surface area contributed by atoms with Crippen LogP contribution < -0.4 is 16.0 Å². The molecule has 2 amide bonds. The molecule has 0 spiro atoms. The van der Waals surface area contributed by atoms with Gasteiger partial charge in [0.15, 0.2) is 0 Å². The number of benzene rings is 1. The van der Waals surface area contributed by atoms with Crippen LogP contribution >= 0.6 is 0 Å². The number of hydrogen-bond acceptors (Lipinski definition) is 2. The van der Waals surface area contributed by atoms with Crippen LogP contribution in [-0.4, -0.2) is 23.2 Å². The molecule has 0 saturated carbocycles. The lowest BCUT2D eigenvalue weighted by atomic mass is 9.80. The highest BCUT2D eigenvalue weighted by Crippen LogP contribution is 2.28. The SMILES string of the molecule is CC1(C)CC(NC(=O)N/C=C/c2ccccc2)CC(C)(C)N1. The summed E-state index contributed by atoms with van der Waals surface area (Å²) >= 11 is 0. The van der Waals surface area contributed by atoms with Crippen molar-refractivity contribution in [1.82, 2.24) is 16.0 Å². The number of piperidine rings is 1. The molecule has 4 nitrogen and oxygen atoms in total. The first kappa shape index (κ1) is 16.6. The molecule has 1 aliphatic rings. The Kier molecular flexibility index (Phi) is 4.91. The van der Waals surface area contributed by atoms with Crippen molar-refractivity contribution in [3.05, 3.63) is 42.1 Å². The molecule has 0 bridgehead atoms. The largest absolute Gasteiger partial charge is 0.335 e. The molecule has 0 aromatic heterocycles. The summed E-state index contributed by atoms with van der Waals surface area (Å²) in [5, 5.41) is 9.47. The van der Waals surface area contributed by atoms with Crippen LogP contribution in [0.25, 0.3) is 6.08 Å². The zero-order valence-corrected chi connectivity index (χ0v) is 13.9. The number of nitrogens with one attached hydrogen (secondary N) is 3. The fraction of sp³-hybridized carbons (Fsp3) is 0.500. The van der Waals surface area contributed by atoms with E-state index in [1.165, 1.54) is 0 Å². The smallest absolute Gasteiger partial charge is 0.318 e. The monoisotopic (exact) mass is 301 g/mol. The molecule has 0 atom stereocenters. The number of hydrogen-bond donors (Lipinski definition) is 3. The van der Waals surface area contributed by atoms with E-state index in [0.29, 0.717) is 0 Å². The summed E-state index contributed by atoms with van der Waals surface area (Å²) in [6.45, 7) is 8.71. The number of urea groups is 1. The van der Waals surface area contributed by atoms with Gasteiger partial charge in [0, 0.05) is 23.3 Å². The molecule has 0 unspecified atom stereocenters.